The maximum absolute atomic E-state index is 11.7. The van der Waals surface area contributed by atoms with Gasteiger partial charge in [-0.3, -0.25) is 0 Å². The summed E-state index contributed by atoms with van der Waals surface area (Å²) in [6.45, 7) is 2.59. The molecule has 0 saturated carbocycles. The van der Waals surface area contributed by atoms with Crippen molar-refractivity contribution in [1.29, 1.82) is 0 Å². The molecule has 1 atom stereocenters. The number of benzene rings is 1. The number of hydrogen-bond acceptors (Lipinski definition) is 4. The van der Waals surface area contributed by atoms with Crippen molar-refractivity contribution in [2.75, 3.05) is 25.2 Å². The second-order valence-corrected chi connectivity index (χ2v) is 6.78. The number of nitrogens with one attached hydrogen (secondary N) is 1. The van der Waals surface area contributed by atoms with Gasteiger partial charge in [-0.25, -0.2) is 8.42 Å². The lowest BCUT2D eigenvalue weighted by Gasteiger charge is -2.25. The summed E-state index contributed by atoms with van der Waals surface area (Å²) in [4.78, 5) is 0. The standard InChI is InChI=1S/C13H19NO3S/c1-3-10-4-5-13(17-2)11(8-10)12-9-18(15,16)7-6-14-12/h4-5,8,12,14H,3,6-7,9H2,1-2H3. The fraction of sp³-hybridized carbons (Fsp3) is 0.538. The Balaban J connectivity index is 2.36. The first-order chi connectivity index (χ1) is 8.55. The van der Waals surface area contributed by atoms with Crippen LogP contribution < -0.4 is 10.1 Å². The van der Waals surface area contributed by atoms with Gasteiger partial charge in [0, 0.05) is 18.2 Å². The summed E-state index contributed by atoms with van der Waals surface area (Å²) in [7, 11) is -1.33. The molecular weight excluding hydrogens is 250 g/mol. The Morgan fingerprint density at radius 2 is 2.22 bits per heavy atom. The van der Waals surface area contributed by atoms with Gasteiger partial charge in [-0.05, 0) is 18.1 Å². The molecule has 100 valence electrons. The van der Waals surface area contributed by atoms with Crippen LogP contribution in [-0.4, -0.2) is 33.6 Å². The van der Waals surface area contributed by atoms with Crippen molar-refractivity contribution in [2.45, 2.75) is 19.4 Å². The molecule has 0 bridgehead atoms. The molecule has 1 unspecified atom stereocenters. The van der Waals surface area contributed by atoms with Gasteiger partial charge in [0.15, 0.2) is 9.84 Å². The summed E-state index contributed by atoms with van der Waals surface area (Å²) in [5.74, 6) is 1.12. The van der Waals surface area contributed by atoms with E-state index in [0.29, 0.717) is 6.54 Å². The molecule has 5 heteroatoms. The Morgan fingerprint density at radius 3 is 2.83 bits per heavy atom. The molecule has 1 heterocycles. The normalized spacial score (nSPS) is 22.7. The first-order valence-electron chi connectivity index (χ1n) is 6.16. The maximum atomic E-state index is 11.7. The molecular formula is C13H19NO3S. The third-order valence-electron chi connectivity index (χ3n) is 3.30. The van der Waals surface area contributed by atoms with Gasteiger partial charge in [0.25, 0.3) is 0 Å². The fourth-order valence-electron chi connectivity index (χ4n) is 2.26. The Morgan fingerprint density at radius 1 is 1.44 bits per heavy atom. The van der Waals surface area contributed by atoms with Gasteiger partial charge in [0.2, 0.25) is 0 Å². The van der Waals surface area contributed by atoms with Crippen LogP contribution in [0.3, 0.4) is 0 Å². The van der Waals surface area contributed by atoms with Crippen molar-refractivity contribution in [2.24, 2.45) is 0 Å². The zero-order valence-corrected chi connectivity index (χ0v) is 11.6. The van der Waals surface area contributed by atoms with Crippen molar-refractivity contribution >= 4 is 9.84 Å². The highest BCUT2D eigenvalue weighted by Crippen LogP contribution is 2.29. The number of aryl methyl sites for hydroxylation is 1. The molecule has 1 saturated heterocycles. The minimum atomic E-state index is -2.94. The minimum absolute atomic E-state index is 0.149. The van der Waals surface area contributed by atoms with Gasteiger partial charge in [-0.1, -0.05) is 19.1 Å². The van der Waals surface area contributed by atoms with Crippen molar-refractivity contribution in [3.05, 3.63) is 29.3 Å². The molecule has 2 rings (SSSR count). The summed E-state index contributed by atoms with van der Waals surface area (Å²) in [5.41, 5.74) is 2.13. The van der Waals surface area contributed by atoms with Crippen LogP contribution in [0.15, 0.2) is 18.2 Å². The van der Waals surface area contributed by atoms with Gasteiger partial charge < -0.3 is 10.1 Å². The quantitative estimate of drug-likeness (QED) is 0.899. The molecule has 1 aromatic rings. The lowest BCUT2D eigenvalue weighted by Crippen LogP contribution is -2.39. The lowest BCUT2D eigenvalue weighted by atomic mass is 10.0. The minimum Gasteiger partial charge on any atom is -0.496 e. The SMILES string of the molecule is CCc1ccc(OC)c(C2CS(=O)(=O)CCN2)c1. The summed E-state index contributed by atoms with van der Waals surface area (Å²) >= 11 is 0. The summed E-state index contributed by atoms with van der Waals surface area (Å²) < 4.78 is 28.7. The molecule has 0 aliphatic carbocycles. The van der Waals surface area contributed by atoms with Crippen LogP contribution in [0.1, 0.15) is 24.1 Å². The third kappa shape index (κ3) is 2.84. The zero-order chi connectivity index (χ0) is 13.2. The van der Waals surface area contributed by atoms with E-state index < -0.39 is 9.84 Å². The van der Waals surface area contributed by atoms with E-state index in [-0.39, 0.29) is 17.5 Å². The highest BCUT2D eigenvalue weighted by atomic mass is 32.2. The number of ether oxygens (including phenoxy) is 1. The fourth-order valence-corrected chi connectivity index (χ4v) is 3.66. The lowest BCUT2D eigenvalue weighted by molar-refractivity contribution is 0.401. The molecule has 18 heavy (non-hydrogen) atoms. The van der Waals surface area contributed by atoms with Crippen LogP contribution in [0.4, 0.5) is 0 Å². The van der Waals surface area contributed by atoms with Crippen LogP contribution in [0, 0.1) is 0 Å². The first kappa shape index (κ1) is 13.4. The third-order valence-corrected chi connectivity index (χ3v) is 4.97. The molecule has 0 spiro atoms. The highest BCUT2D eigenvalue weighted by Gasteiger charge is 2.27. The Hall–Kier alpha value is -1.07. The van der Waals surface area contributed by atoms with E-state index in [2.05, 4.69) is 12.2 Å². The van der Waals surface area contributed by atoms with Gasteiger partial charge in [0.1, 0.15) is 5.75 Å². The Labute approximate surface area is 108 Å². The predicted molar refractivity (Wildman–Crippen MR) is 71.8 cm³/mol. The number of hydrogen-bond donors (Lipinski definition) is 1. The van der Waals surface area contributed by atoms with E-state index in [9.17, 15) is 8.42 Å². The smallest absolute Gasteiger partial charge is 0.153 e. The predicted octanol–water partition coefficient (Wildman–Crippen LogP) is 1.32. The molecule has 0 aromatic heterocycles. The molecule has 4 nitrogen and oxygen atoms in total. The van der Waals surface area contributed by atoms with E-state index in [1.54, 1.807) is 7.11 Å². The van der Waals surface area contributed by atoms with Crippen LogP contribution in [0.2, 0.25) is 0 Å². The van der Waals surface area contributed by atoms with E-state index in [0.717, 1.165) is 17.7 Å². The number of sulfone groups is 1. The van der Waals surface area contributed by atoms with Crippen molar-refractivity contribution in [3.8, 4) is 5.75 Å². The highest BCUT2D eigenvalue weighted by molar-refractivity contribution is 7.91. The van der Waals surface area contributed by atoms with Gasteiger partial charge in [-0.2, -0.15) is 0 Å². The molecule has 1 fully saturated rings. The van der Waals surface area contributed by atoms with Gasteiger partial charge in [-0.15, -0.1) is 0 Å². The maximum Gasteiger partial charge on any atom is 0.153 e. The first-order valence-corrected chi connectivity index (χ1v) is 7.98. The van der Waals surface area contributed by atoms with Crippen LogP contribution in [0.5, 0.6) is 5.75 Å². The zero-order valence-electron chi connectivity index (χ0n) is 10.8. The van der Waals surface area contributed by atoms with E-state index in [1.807, 2.05) is 18.2 Å². The van der Waals surface area contributed by atoms with Crippen molar-refractivity contribution in [3.63, 3.8) is 0 Å². The Bertz CT molecular complexity index is 525. The molecule has 1 aliphatic heterocycles. The van der Waals surface area contributed by atoms with E-state index >= 15 is 0 Å². The second kappa shape index (κ2) is 5.28. The summed E-state index contributed by atoms with van der Waals surface area (Å²) in [6, 6.07) is 5.80. The average Bonchev–Trinajstić information content (AvgIpc) is 2.36. The Kier molecular flexibility index (Phi) is 3.92. The average molecular weight is 269 g/mol. The van der Waals surface area contributed by atoms with Crippen molar-refractivity contribution < 1.29 is 13.2 Å². The molecule has 1 aromatic carbocycles. The van der Waals surface area contributed by atoms with E-state index in [4.69, 9.17) is 4.74 Å². The van der Waals surface area contributed by atoms with Crippen LogP contribution in [-0.2, 0) is 16.3 Å². The van der Waals surface area contributed by atoms with Crippen molar-refractivity contribution in [1.82, 2.24) is 5.32 Å². The molecule has 0 amide bonds. The van der Waals surface area contributed by atoms with Crippen LogP contribution >= 0.6 is 0 Å². The topological polar surface area (TPSA) is 55.4 Å². The monoisotopic (exact) mass is 269 g/mol. The number of methoxy groups -OCH3 is 1. The second-order valence-electron chi connectivity index (χ2n) is 4.55. The van der Waals surface area contributed by atoms with Gasteiger partial charge in [0.05, 0.1) is 18.6 Å². The molecule has 1 N–H and O–H groups in total. The number of rotatable bonds is 3. The largest absolute Gasteiger partial charge is 0.496 e. The van der Waals surface area contributed by atoms with Crippen LogP contribution in [0.25, 0.3) is 0 Å². The van der Waals surface area contributed by atoms with Gasteiger partial charge >= 0.3 is 0 Å². The summed E-state index contributed by atoms with van der Waals surface area (Å²) in [6.07, 6.45) is 0.927. The molecule has 0 radical (unpaired) electrons. The summed E-state index contributed by atoms with van der Waals surface area (Å²) in [5, 5.41) is 3.26. The van der Waals surface area contributed by atoms with E-state index in [1.165, 1.54) is 5.56 Å². The molecule has 1 aliphatic rings.